The molecule has 0 aromatic carbocycles. The molecule has 5 nitrogen and oxygen atoms in total. The number of likely N-dealkylation sites (N-methyl/N-ethyl adjacent to an activating group) is 1. The van der Waals surface area contributed by atoms with E-state index in [-0.39, 0.29) is 12.4 Å². The number of nitrogen functional groups attached to an aromatic ring is 1. The Kier molecular flexibility index (Phi) is 5.59. The monoisotopic (exact) mass is 367 g/mol. The first-order valence-corrected chi connectivity index (χ1v) is 9.53. The molecule has 7 heteroatoms. The topological polar surface area (TPSA) is 67.1 Å². The molecule has 0 bridgehead atoms. The molecule has 2 aliphatic rings. The van der Waals surface area contributed by atoms with Gasteiger partial charge in [0.25, 0.3) is 0 Å². The summed E-state index contributed by atoms with van der Waals surface area (Å²) in [6.07, 6.45) is 7.39. The van der Waals surface area contributed by atoms with E-state index in [9.17, 15) is 0 Å². The highest BCUT2D eigenvalue weighted by Gasteiger charge is 2.26. The minimum Gasteiger partial charge on any atom is -0.383 e. The van der Waals surface area contributed by atoms with Crippen molar-refractivity contribution in [2.24, 2.45) is 0 Å². The van der Waals surface area contributed by atoms with Crippen LogP contribution in [0.5, 0.6) is 0 Å². The van der Waals surface area contributed by atoms with Crippen LogP contribution in [0.4, 0.5) is 5.82 Å². The minimum absolute atomic E-state index is 0. The Morgan fingerprint density at radius 1 is 1.25 bits per heavy atom. The number of nitrogens with one attached hydrogen (secondary N) is 1. The average Bonchev–Trinajstić information content (AvgIpc) is 3.12. The lowest BCUT2D eigenvalue weighted by atomic mass is 9.97. The quantitative estimate of drug-likeness (QED) is 0.869. The van der Waals surface area contributed by atoms with Crippen LogP contribution in [0.15, 0.2) is 0 Å². The van der Waals surface area contributed by atoms with Gasteiger partial charge in [0.05, 0.1) is 11.9 Å². The van der Waals surface area contributed by atoms with Gasteiger partial charge in [0.2, 0.25) is 0 Å². The van der Waals surface area contributed by atoms with E-state index in [4.69, 9.17) is 10.7 Å². The van der Waals surface area contributed by atoms with Crippen molar-refractivity contribution < 1.29 is 0 Å². The number of aromatic nitrogens is 2. The molecular weight excluding hydrogens is 342 g/mol. The second kappa shape index (κ2) is 7.52. The van der Waals surface area contributed by atoms with Crippen LogP contribution < -0.4 is 11.1 Å². The van der Waals surface area contributed by atoms with E-state index in [1.54, 1.807) is 0 Å². The van der Waals surface area contributed by atoms with Crippen molar-refractivity contribution in [1.29, 1.82) is 0 Å². The molecular formula is C17H26ClN5S. The third-order valence-electron chi connectivity index (χ3n) is 5.17. The molecule has 1 unspecified atom stereocenters. The van der Waals surface area contributed by atoms with Gasteiger partial charge in [-0.3, -0.25) is 4.90 Å². The van der Waals surface area contributed by atoms with Gasteiger partial charge >= 0.3 is 0 Å². The minimum atomic E-state index is 0. The van der Waals surface area contributed by atoms with Gasteiger partial charge in [-0.25, -0.2) is 9.97 Å². The van der Waals surface area contributed by atoms with E-state index in [2.05, 4.69) is 15.2 Å². The number of anilines is 1. The normalized spacial score (nSPS) is 21.0. The van der Waals surface area contributed by atoms with Gasteiger partial charge in [-0.2, -0.15) is 0 Å². The molecule has 0 spiro atoms. The highest BCUT2D eigenvalue weighted by Crippen LogP contribution is 2.37. The standard InChI is InChI=1S/C17H25N5S.ClH/c1-19-9-11-5-4-8-22(11)10-14-20-16(18)15-12-6-2-3-7-13(12)23-17(15)21-14;/h11,19H,2-10H2,1H3,(H2,18,20,21);1H. The molecule has 0 radical (unpaired) electrons. The van der Waals surface area contributed by atoms with Crippen LogP contribution in [0.25, 0.3) is 10.2 Å². The van der Waals surface area contributed by atoms with Crippen LogP contribution in [0.2, 0.25) is 0 Å². The maximum absolute atomic E-state index is 6.32. The Labute approximate surface area is 153 Å². The Morgan fingerprint density at radius 2 is 2.08 bits per heavy atom. The number of aryl methyl sites for hydroxylation is 2. The van der Waals surface area contributed by atoms with Crippen LogP contribution in [0, 0.1) is 0 Å². The molecule has 24 heavy (non-hydrogen) atoms. The fourth-order valence-corrected chi connectivity index (χ4v) is 5.34. The first kappa shape index (κ1) is 17.9. The van der Waals surface area contributed by atoms with Gasteiger partial charge in [-0.05, 0) is 57.7 Å². The maximum atomic E-state index is 6.32. The van der Waals surface area contributed by atoms with E-state index in [0.717, 1.165) is 42.1 Å². The predicted molar refractivity (Wildman–Crippen MR) is 103 cm³/mol. The Hall–Kier alpha value is -0.950. The number of rotatable bonds is 4. The van der Waals surface area contributed by atoms with E-state index in [1.807, 2.05) is 18.4 Å². The van der Waals surface area contributed by atoms with E-state index in [0.29, 0.717) is 11.9 Å². The molecule has 1 aliphatic carbocycles. The van der Waals surface area contributed by atoms with Crippen molar-refractivity contribution >= 4 is 39.8 Å². The molecule has 132 valence electrons. The number of fused-ring (bicyclic) bond motifs is 3. The fraction of sp³-hybridized carbons (Fsp3) is 0.647. The number of nitrogens with two attached hydrogens (primary N) is 1. The largest absolute Gasteiger partial charge is 0.383 e. The van der Waals surface area contributed by atoms with E-state index in [1.165, 1.54) is 42.5 Å². The number of likely N-dealkylation sites (tertiary alicyclic amines) is 1. The molecule has 3 N–H and O–H groups in total. The van der Waals surface area contributed by atoms with Crippen LogP contribution >= 0.6 is 23.7 Å². The van der Waals surface area contributed by atoms with Crippen LogP contribution in [-0.4, -0.2) is 41.0 Å². The van der Waals surface area contributed by atoms with E-state index >= 15 is 0 Å². The molecule has 2 aromatic rings. The number of halogens is 1. The zero-order valence-corrected chi connectivity index (χ0v) is 15.8. The zero-order chi connectivity index (χ0) is 15.8. The summed E-state index contributed by atoms with van der Waals surface area (Å²) in [4.78, 5) is 14.6. The summed E-state index contributed by atoms with van der Waals surface area (Å²) < 4.78 is 0. The molecule has 4 rings (SSSR count). The van der Waals surface area contributed by atoms with Gasteiger partial charge in [0.15, 0.2) is 0 Å². The van der Waals surface area contributed by atoms with E-state index < -0.39 is 0 Å². The lowest BCUT2D eigenvalue weighted by molar-refractivity contribution is 0.237. The zero-order valence-electron chi connectivity index (χ0n) is 14.2. The summed E-state index contributed by atoms with van der Waals surface area (Å²) >= 11 is 1.84. The van der Waals surface area contributed by atoms with Crippen molar-refractivity contribution in [1.82, 2.24) is 20.2 Å². The second-order valence-corrected chi connectivity index (χ2v) is 7.82. The summed E-state index contributed by atoms with van der Waals surface area (Å²) in [7, 11) is 2.02. The van der Waals surface area contributed by atoms with Crippen LogP contribution in [0.1, 0.15) is 41.9 Å². The summed E-state index contributed by atoms with van der Waals surface area (Å²) in [6, 6.07) is 0.595. The average molecular weight is 368 g/mol. The SMILES string of the molecule is CNCC1CCCN1Cc1nc(N)c2c3c(sc2n1)CCCC3.Cl. The number of thiophene rings is 1. The Morgan fingerprint density at radius 3 is 2.92 bits per heavy atom. The van der Waals surface area contributed by atoms with Gasteiger partial charge in [-0.1, -0.05) is 0 Å². The second-order valence-electron chi connectivity index (χ2n) is 6.74. The molecule has 0 saturated carbocycles. The predicted octanol–water partition coefficient (Wildman–Crippen LogP) is 2.76. The summed E-state index contributed by atoms with van der Waals surface area (Å²) in [6.45, 7) is 2.98. The summed E-state index contributed by atoms with van der Waals surface area (Å²) in [5.41, 5.74) is 7.74. The third kappa shape index (κ3) is 3.25. The molecule has 1 fully saturated rings. The lowest BCUT2D eigenvalue weighted by Gasteiger charge is -2.23. The first-order valence-electron chi connectivity index (χ1n) is 8.71. The smallest absolute Gasteiger partial charge is 0.146 e. The van der Waals surface area contributed by atoms with Gasteiger partial charge in [0.1, 0.15) is 16.5 Å². The van der Waals surface area contributed by atoms with Crippen molar-refractivity contribution in [2.75, 3.05) is 25.9 Å². The van der Waals surface area contributed by atoms with Crippen LogP contribution in [-0.2, 0) is 19.4 Å². The number of hydrogen-bond acceptors (Lipinski definition) is 6. The lowest BCUT2D eigenvalue weighted by Crippen LogP contribution is -2.36. The third-order valence-corrected chi connectivity index (χ3v) is 6.36. The van der Waals surface area contributed by atoms with Gasteiger partial charge < -0.3 is 11.1 Å². The molecule has 1 saturated heterocycles. The molecule has 2 aromatic heterocycles. The molecule has 0 amide bonds. The highest BCUT2D eigenvalue weighted by molar-refractivity contribution is 7.19. The molecule has 1 aliphatic heterocycles. The van der Waals surface area contributed by atoms with Crippen molar-refractivity contribution in [3.8, 4) is 0 Å². The van der Waals surface area contributed by atoms with Gasteiger partial charge in [0, 0.05) is 17.5 Å². The van der Waals surface area contributed by atoms with Crippen molar-refractivity contribution in [2.45, 2.75) is 51.1 Å². The van der Waals surface area contributed by atoms with Gasteiger partial charge in [-0.15, -0.1) is 23.7 Å². The highest BCUT2D eigenvalue weighted by atomic mass is 35.5. The van der Waals surface area contributed by atoms with Crippen molar-refractivity contribution in [3.05, 3.63) is 16.3 Å². The number of hydrogen-bond donors (Lipinski definition) is 2. The summed E-state index contributed by atoms with van der Waals surface area (Å²) in [5, 5.41) is 4.43. The Balaban J connectivity index is 0.00000169. The summed E-state index contributed by atoms with van der Waals surface area (Å²) in [5.74, 6) is 1.57. The Bertz CT molecular complexity index is 717. The van der Waals surface area contributed by atoms with Crippen molar-refractivity contribution in [3.63, 3.8) is 0 Å². The number of nitrogens with zero attached hydrogens (tertiary/aromatic N) is 3. The maximum Gasteiger partial charge on any atom is 0.146 e. The first-order chi connectivity index (χ1) is 11.3. The molecule has 1 atom stereocenters. The van der Waals surface area contributed by atoms with Crippen LogP contribution in [0.3, 0.4) is 0 Å². The fourth-order valence-electron chi connectivity index (χ4n) is 4.05. The molecule has 3 heterocycles.